The van der Waals surface area contributed by atoms with Crippen molar-refractivity contribution in [3.63, 3.8) is 0 Å². The Morgan fingerprint density at radius 1 is 1.55 bits per heavy atom. The Morgan fingerprint density at radius 2 is 2.41 bits per heavy atom. The molecule has 2 aliphatic rings. The molecule has 0 saturated carbocycles. The first-order chi connectivity index (χ1) is 10.6. The number of nitrogens with zero attached hydrogens (tertiary/aromatic N) is 1. The van der Waals surface area contributed by atoms with Crippen molar-refractivity contribution in [1.29, 1.82) is 0 Å². The van der Waals surface area contributed by atoms with Crippen LogP contribution < -0.4 is 10.2 Å². The van der Waals surface area contributed by atoms with E-state index in [1.165, 1.54) is 11.1 Å². The molecule has 5 nitrogen and oxygen atoms in total. The van der Waals surface area contributed by atoms with Crippen LogP contribution in [0.15, 0.2) is 18.2 Å². The topological polar surface area (TPSA) is 50.8 Å². The first kappa shape index (κ1) is 15.3. The zero-order valence-electron chi connectivity index (χ0n) is 13.3. The monoisotopic (exact) mass is 304 g/mol. The minimum absolute atomic E-state index is 0.0121. The number of carbonyl (C=O) groups excluding carboxylic acids is 1. The lowest BCUT2D eigenvalue weighted by Crippen LogP contribution is -2.45. The van der Waals surface area contributed by atoms with Crippen LogP contribution in [-0.4, -0.2) is 44.5 Å². The van der Waals surface area contributed by atoms with Crippen LogP contribution in [-0.2, 0) is 15.9 Å². The zero-order chi connectivity index (χ0) is 15.5. The molecule has 0 spiro atoms. The molecule has 0 aromatic heterocycles. The number of fused-ring (bicyclic) bond motifs is 1. The fourth-order valence-electron chi connectivity index (χ4n) is 2.96. The van der Waals surface area contributed by atoms with Crippen LogP contribution in [0.4, 0.5) is 10.5 Å². The van der Waals surface area contributed by atoms with E-state index in [9.17, 15) is 4.79 Å². The smallest absolute Gasteiger partial charge is 0.322 e. The van der Waals surface area contributed by atoms with E-state index in [2.05, 4.69) is 30.4 Å². The molecule has 1 aromatic carbocycles. The Bertz CT molecular complexity index is 541. The summed E-state index contributed by atoms with van der Waals surface area (Å²) in [4.78, 5) is 14.3. The van der Waals surface area contributed by atoms with Gasteiger partial charge in [0.05, 0.1) is 25.4 Å². The quantitative estimate of drug-likeness (QED) is 0.928. The first-order valence-electron chi connectivity index (χ1n) is 8.00. The van der Waals surface area contributed by atoms with Crippen LogP contribution in [0.1, 0.15) is 24.5 Å². The molecule has 0 radical (unpaired) electrons. The summed E-state index contributed by atoms with van der Waals surface area (Å²) in [6.07, 6.45) is 2.04. The number of urea groups is 1. The predicted octanol–water partition coefficient (Wildman–Crippen LogP) is 2.26. The highest BCUT2D eigenvalue weighted by molar-refractivity contribution is 5.94. The molecular formula is C17H24N2O3. The van der Waals surface area contributed by atoms with Gasteiger partial charge in [-0.05, 0) is 43.9 Å². The van der Waals surface area contributed by atoms with Gasteiger partial charge in [-0.1, -0.05) is 12.1 Å². The zero-order valence-corrected chi connectivity index (χ0v) is 13.3. The number of nitrogens with one attached hydrogen (secondary N) is 1. The van der Waals surface area contributed by atoms with Crippen molar-refractivity contribution in [2.75, 3.05) is 31.3 Å². The molecule has 0 unspecified atom stereocenters. The maximum Gasteiger partial charge on any atom is 0.322 e. The average molecular weight is 304 g/mol. The molecule has 1 N–H and O–H groups in total. The first-order valence-corrected chi connectivity index (χ1v) is 8.00. The SMILES string of the molecule is Cc1ccc2c(c1)N(C(=O)N[C@H](C)CO[C@@H]1CCOC1)CC2. The van der Waals surface area contributed by atoms with Gasteiger partial charge in [0.2, 0.25) is 0 Å². The minimum Gasteiger partial charge on any atom is -0.379 e. The highest BCUT2D eigenvalue weighted by Gasteiger charge is 2.26. The molecular weight excluding hydrogens is 280 g/mol. The Labute approximate surface area is 131 Å². The number of carbonyl (C=O) groups is 1. The van der Waals surface area contributed by atoms with E-state index in [1.54, 1.807) is 0 Å². The highest BCUT2D eigenvalue weighted by atomic mass is 16.5. The number of rotatable bonds is 4. The van der Waals surface area contributed by atoms with Crippen LogP contribution in [0.25, 0.3) is 0 Å². The van der Waals surface area contributed by atoms with Crippen molar-refractivity contribution in [1.82, 2.24) is 5.32 Å². The van der Waals surface area contributed by atoms with E-state index >= 15 is 0 Å². The average Bonchev–Trinajstić information content (AvgIpc) is 3.14. The fourth-order valence-corrected chi connectivity index (χ4v) is 2.96. The van der Waals surface area contributed by atoms with E-state index in [1.807, 2.05) is 11.8 Å². The second-order valence-corrected chi connectivity index (χ2v) is 6.20. The molecule has 2 aliphatic heterocycles. The number of aryl methyl sites for hydroxylation is 1. The maximum absolute atomic E-state index is 12.5. The predicted molar refractivity (Wildman–Crippen MR) is 85.4 cm³/mol. The van der Waals surface area contributed by atoms with Crippen LogP contribution in [0.5, 0.6) is 0 Å². The van der Waals surface area contributed by atoms with E-state index in [0.717, 1.165) is 31.7 Å². The lowest BCUT2D eigenvalue weighted by molar-refractivity contribution is 0.0339. The lowest BCUT2D eigenvalue weighted by Gasteiger charge is -2.22. The standard InChI is InChI=1S/C17H24N2O3/c1-12-3-4-14-5-7-19(16(14)9-12)17(20)18-13(2)10-22-15-6-8-21-11-15/h3-4,9,13,15H,5-8,10-11H2,1-2H3,(H,18,20)/t13-,15-/m1/s1. The van der Waals surface area contributed by atoms with Crippen LogP contribution >= 0.6 is 0 Å². The van der Waals surface area contributed by atoms with Crippen molar-refractivity contribution < 1.29 is 14.3 Å². The van der Waals surface area contributed by atoms with E-state index < -0.39 is 0 Å². The van der Waals surface area contributed by atoms with Crippen molar-refractivity contribution in [2.24, 2.45) is 0 Å². The van der Waals surface area contributed by atoms with Crippen molar-refractivity contribution in [2.45, 2.75) is 38.8 Å². The van der Waals surface area contributed by atoms with Gasteiger partial charge in [-0.3, -0.25) is 4.90 Å². The van der Waals surface area contributed by atoms with Gasteiger partial charge in [0, 0.05) is 18.8 Å². The number of amides is 2. The number of hydrogen-bond acceptors (Lipinski definition) is 3. The molecule has 2 atom stereocenters. The van der Waals surface area contributed by atoms with Crippen molar-refractivity contribution >= 4 is 11.7 Å². The lowest BCUT2D eigenvalue weighted by atomic mass is 10.1. The molecule has 0 bridgehead atoms. The number of hydrogen-bond donors (Lipinski definition) is 1. The van der Waals surface area contributed by atoms with Crippen LogP contribution in [0.3, 0.4) is 0 Å². The third-order valence-corrected chi connectivity index (χ3v) is 4.22. The van der Waals surface area contributed by atoms with Gasteiger partial charge in [-0.2, -0.15) is 0 Å². The normalized spacial score (nSPS) is 21.7. The summed E-state index contributed by atoms with van der Waals surface area (Å²) < 4.78 is 11.0. The van der Waals surface area contributed by atoms with E-state index in [0.29, 0.717) is 13.2 Å². The number of ether oxygens (including phenoxy) is 2. The van der Waals surface area contributed by atoms with Gasteiger partial charge in [-0.25, -0.2) is 4.79 Å². The van der Waals surface area contributed by atoms with Crippen molar-refractivity contribution in [3.8, 4) is 0 Å². The molecule has 120 valence electrons. The Kier molecular flexibility index (Phi) is 4.64. The third-order valence-electron chi connectivity index (χ3n) is 4.22. The van der Waals surface area contributed by atoms with Gasteiger partial charge in [0.1, 0.15) is 0 Å². The molecule has 1 saturated heterocycles. The molecule has 1 aromatic rings. The summed E-state index contributed by atoms with van der Waals surface area (Å²) >= 11 is 0. The molecule has 3 rings (SSSR count). The van der Waals surface area contributed by atoms with Crippen LogP contribution in [0, 0.1) is 6.92 Å². The second kappa shape index (κ2) is 6.67. The van der Waals surface area contributed by atoms with Gasteiger partial charge in [-0.15, -0.1) is 0 Å². The largest absolute Gasteiger partial charge is 0.379 e. The summed E-state index contributed by atoms with van der Waals surface area (Å²) in [5.41, 5.74) is 3.46. The maximum atomic E-state index is 12.5. The van der Waals surface area contributed by atoms with Crippen molar-refractivity contribution in [3.05, 3.63) is 29.3 Å². The summed E-state index contributed by atoms with van der Waals surface area (Å²) in [6, 6.07) is 6.24. The Morgan fingerprint density at radius 3 is 3.18 bits per heavy atom. The van der Waals surface area contributed by atoms with Gasteiger partial charge >= 0.3 is 6.03 Å². The molecule has 5 heteroatoms. The second-order valence-electron chi connectivity index (χ2n) is 6.20. The van der Waals surface area contributed by atoms with E-state index in [-0.39, 0.29) is 18.2 Å². The number of benzene rings is 1. The molecule has 0 aliphatic carbocycles. The van der Waals surface area contributed by atoms with Crippen LogP contribution in [0.2, 0.25) is 0 Å². The minimum atomic E-state index is -0.0388. The Balaban J connectivity index is 1.53. The van der Waals surface area contributed by atoms with Gasteiger partial charge < -0.3 is 14.8 Å². The van der Waals surface area contributed by atoms with Gasteiger partial charge in [0.25, 0.3) is 0 Å². The molecule has 2 amide bonds. The summed E-state index contributed by atoms with van der Waals surface area (Å²) in [5, 5.41) is 3.03. The third kappa shape index (κ3) is 3.42. The molecule has 2 heterocycles. The fraction of sp³-hybridized carbons (Fsp3) is 0.588. The molecule has 22 heavy (non-hydrogen) atoms. The summed E-state index contributed by atoms with van der Waals surface area (Å²) in [5.74, 6) is 0. The Hall–Kier alpha value is -1.59. The highest BCUT2D eigenvalue weighted by Crippen LogP contribution is 2.28. The molecule has 1 fully saturated rings. The van der Waals surface area contributed by atoms with E-state index in [4.69, 9.17) is 9.47 Å². The summed E-state index contributed by atoms with van der Waals surface area (Å²) in [6.45, 7) is 6.73. The summed E-state index contributed by atoms with van der Waals surface area (Å²) in [7, 11) is 0. The van der Waals surface area contributed by atoms with Gasteiger partial charge in [0.15, 0.2) is 0 Å². The number of anilines is 1.